The predicted octanol–water partition coefficient (Wildman–Crippen LogP) is 3.35. The molecule has 1 aromatic carbocycles. The molecule has 3 nitrogen and oxygen atoms in total. The molecule has 0 radical (unpaired) electrons. The lowest BCUT2D eigenvalue weighted by Crippen LogP contribution is -2.03. The van der Waals surface area contributed by atoms with Gasteiger partial charge in [0.1, 0.15) is 0 Å². The SMILES string of the molecule is COC(=O)c1ccc([C@H](Br)c2ccccc2)nc1. The molecule has 0 bridgehead atoms. The van der Waals surface area contributed by atoms with Crippen LogP contribution in [0, 0.1) is 0 Å². The number of carbonyl (C=O) groups is 1. The van der Waals surface area contributed by atoms with Crippen LogP contribution in [-0.2, 0) is 4.74 Å². The Balaban J connectivity index is 2.22. The van der Waals surface area contributed by atoms with Crippen molar-refractivity contribution >= 4 is 21.9 Å². The molecule has 2 rings (SSSR count). The Labute approximate surface area is 114 Å². The molecule has 1 aromatic heterocycles. The third-order valence-corrected chi connectivity index (χ3v) is 3.56. The van der Waals surface area contributed by atoms with E-state index in [9.17, 15) is 4.79 Å². The normalized spacial score (nSPS) is 11.9. The van der Waals surface area contributed by atoms with E-state index in [2.05, 4.69) is 25.7 Å². The topological polar surface area (TPSA) is 39.2 Å². The van der Waals surface area contributed by atoms with Gasteiger partial charge in [0.25, 0.3) is 0 Å². The number of aromatic nitrogens is 1. The van der Waals surface area contributed by atoms with Crippen LogP contribution >= 0.6 is 15.9 Å². The maximum Gasteiger partial charge on any atom is 0.339 e. The molecule has 18 heavy (non-hydrogen) atoms. The summed E-state index contributed by atoms with van der Waals surface area (Å²) in [7, 11) is 1.35. The number of methoxy groups -OCH3 is 1. The minimum Gasteiger partial charge on any atom is -0.465 e. The van der Waals surface area contributed by atoms with E-state index in [0.29, 0.717) is 5.56 Å². The number of nitrogens with zero attached hydrogens (tertiary/aromatic N) is 1. The molecule has 0 N–H and O–H groups in total. The molecule has 0 unspecified atom stereocenters. The number of alkyl halides is 1. The minimum absolute atomic E-state index is 0.0189. The van der Waals surface area contributed by atoms with Crippen molar-refractivity contribution in [3.8, 4) is 0 Å². The van der Waals surface area contributed by atoms with Crippen LogP contribution in [0.5, 0.6) is 0 Å². The molecule has 0 saturated carbocycles. The molecule has 1 heterocycles. The standard InChI is InChI=1S/C14H12BrNO2/c1-18-14(17)11-7-8-12(16-9-11)13(15)10-5-3-2-4-6-10/h2-9,13H,1H3/t13-/m1/s1. The van der Waals surface area contributed by atoms with Gasteiger partial charge in [0.05, 0.1) is 23.2 Å². The lowest BCUT2D eigenvalue weighted by atomic mass is 10.1. The van der Waals surface area contributed by atoms with Gasteiger partial charge < -0.3 is 4.74 Å². The van der Waals surface area contributed by atoms with Gasteiger partial charge in [-0.15, -0.1) is 0 Å². The van der Waals surface area contributed by atoms with E-state index >= 15 is 0 Å². The monoisotopic (exact) mass is 305 g/mol. The van der Waals surface area contributed by atoms with Crippen LogP contribution in [0.4, 0.5) is 0 Å². The molecule has 0 aliphatic rings. The summed E-state index contributed by atoms with van der Waals surface area (Å²) in [5, 5.41) is 0. The maximum absolute atomic E-state index is 11.3. The smallest absolute Gasteiger partial charge is 0.339 e. The summed E-state index contributed by atoms with van der Waals surface area (Å²) < 4.78 is 4.63. The van der Waals surface area contributed by atoms with Crippen molar-refractivity contribution < 1.29 is 9.53 Å². The average Bonchev–Trinajstić information content (AvgIpc) is 2.47. The summed E-state index contributed by atoms with van der Waals surface area (Å²) in [6.45, 7) is 0. The summed E-state index contributed by atoms with van der Waals surface area (Å²) in [6.07, 6.45) is 1.53. The first kappa shape index (κ1) is 12.8. The Morgan fingerprint density at radius 3 is 2.50 bits per heavy atom. The van der Waals surface area contributed by atoms with Gasteiger partial charge in [-0.05, 0) is 17.7 Å². The van der Waals surface area contributed by atoms with Crippen molar-refractivity contribution in [1.82, 2.24) is 4.98 Å². The van der Waals surface area contributed by atoms with Gasteiger partial charge in [0, 0.05) is 6.20 Å². The predicted molar refractivity (Wildman–Crippen MR) is 72.8 cm³/mol. The van der Waals surface area contributed by atoms with E-state index in [1.54, 1.807) is 6.07 Å². The molecule has 2 aromatic rings. The first-order valence-corrected chi connectivity index (χ1v) is 6.37. The summed E-state index contributed by atoms with van der Waals surface area (Å²) >= 11 is 3.59. The fourth-order valence-corrected chi connectivity index (χ4v) is 2.16. The second kappa shape index (κ2) is 5.78. The Morgan fingerprint density at radius 2 is 1.94 bits per heavy atom. The van der Waals surface area contributed by atoms with E-state index in [1.807, 2.05) is 36.4 Å². The van der Waals surface area contributed by atoms with Crippen molar-refractivity contribution in [2.75, 3.05) is 7.11 Å². The zero-order valence-corrected chi connectivity index (χ0v) is 11.4. The van der Waals surface area contributed by atoms with Crippen LogP contribution in [0.3, 0.4) is 0 Å². The molecule has 0 saturated heterocycles. The third kappa shape index (κ3) is 2.76. The Hall–Kier alpha value is -1.68. The number of pyridine rings is 1. The van der Waals surface area contributed by atoms with Crippen LogP contribution in [0.1, 0.15) is 26.4 Å². The van der Waals surface area contributed by atoms with Crippen molar-refractivity contribution in [2.24, 2.45) is 0 Å². The van der Waals surface area contributed by atoms with Gasteiger partial charge >= 0.3 is 5.97 Å². The number of benzene rings is 1. The van der Waals surface area contributed by atoms with Crippen molar-refractivity contribution in [1.29, 1.82) is 0 Å². The lowest BCUT2D eigenvalue weighted by molar-refractivity contribution is 0.0600. The summed E-state index contributed by atoms with van der Waals surface area (Å²) in [5.74, 6) is -0.375. The minimum atomic E-state index is -0.375. The molecule has 0 fully saturated rings. The van der Waals surface area contributed by atoms with E-state index in [0.717, 1.165) is 11.3 Å². The first-order valence-electron chi connectivity index (χ1n) is 5.45. The van der Waals surface area contributed by atoms with Gasteiger partial charge in [0.15, 0.2) is 0 Å². The van der Waals surface area contributed by atoms with Crippen molar-refractivity contribution in [2.45, 2.75) is 4.83 Å². The quantitative estimate of drug-likeness (QED) is 0.645. The number of carbonyl (C=O) groups excluding carboxylic acids is 1. The van der Waals surface area contributed by atoms with E-state index < -0.39 is 0 Å². The highest BCUT2D eigenvalue weighted by Crippen LogP contribution is 2.28. The van der Waals surface area contributed by atoms with Gasteiger partial charge in [-0.2, -0.15) is 0 Å². The highest BCUT2D eigenvalue weighted by Gasteiger charge is 2.12. The fraction of sp³-hybridized carbons (Fsp3) is 0.143. The fourth-order valence-electron chi connectivity index (χ4n) is 1.59. The van der Waals surface area contributed by atoms with Crippen LogP contribution in [0.2, 0.25) is 0 Å². The third-order valence-electron chi connectivity index (χ3n) is 2.56. The number of esters is 1. The number of ether oxygens (including phenoxy) is 1. The molecule has 0 amide bonds. The molecule has 0 spiro atoms. The largest absolute Gasteiger partial charge is 0.465 e. The van der Waals surface area contributed by atoms with E-state index in [4.69, 9.17) is 0 Å². The van der Waals surface area contributed by atoms with Crippen LogP contribution in [0.25, 0.3) is 0 Å². The first-order chi connectivity index (χ1) is 8.72. The van der Waals surface area contributed by atoms with E-state index in [-0.39, 0.29) is 10.8 Å². The Bertz CT molecular complexity index is 525. The molecule has 0 aliphatic carbocycles. The van der Waals surface area contributed by atoms with Crippen LogP contribution < -0.4 is 0 Å². The van der Waals surface area contributed by atoms with Gasteiger partial charge in [0.2, 0.25) is 0 Å². The lowest BCUT2D eigenvalue weighted by Gasteiger charge is -2.09. The van der Waals surface area contributed by atoms with Crippen molar-refractivity contribution in [3.05, 3.63) is 65.5 Å². The zero-order valence-electron chi connectivity index (χ0n) is 9.84. The number of halogens is 1. The number of rotatable bonds is 3. The maximum atomic E-state index is 11.3. The zero-order chi connectivity index (χ0) is 13.0. The molecule has 92 valence electrons. The molecular weight excluding hydrogens is 294 g/mol. The highest BCUT2D eigenvalue weighted by molar-refractivity contribution is 9.09. The second-order valence-corrected chi connectivity index (χ2v) is 4.65. The Kier molecular flexibility index (Phi) is 4.10. The second-order valence-electron chi connectivity index (χ2n) is 3.74. The summed E-state index contributed by atoms with van der Waals surface area (Å²) in [5.41, 5.74) is 2.43. The van der Waals surface area contributed by atoms with Gasteiger partial charge in [-0.1, -0.05) is 46.3 Å². The molecule has 1 atom stereocenters. The summed E-state index contributed by atoms with van der Waals surface area (Å²) in [4.78, 5) is 15.6. The average molecular weight is 306 g/mol. The van der Waals surface area contributed by atoms with Gasteiger partial charge in [-0.25, -0.2) is 4.79 Å². The molecular formula is C14H12BrNO2. The Morgan fingerprint density at radius 1 is 1.22 bits per heavy atom. The summed E-state index contributed by atoms with van der Waals surface area (Å²) in [6, 6.07) is 13.5. The van der Waals surface area contributed by atoms with Crippen molar-refractivity contribution in [3.63, 3.8) is 0 Å². The number of hydrogen-bond donors (Lipinski definition) is 0. The number of hydrogen-bond acceptors (Lipinski definition) is 3. The van der Waals surface area contributed by atoms with Crippen LogP contribution in [-0.4, -0.2) is 18.1 Å². The molecule has 0 aliphatic heterocycles. The van der Waals surface area contributed by atoms with E-state index in [1.165, 1.54) is 13.3 Å². The van der Waals surface area contributed by atoms with Gasteiger partial charge in [-0.3, -0.25) is 4.98 Å². The molecule has 4 heteroatoms. The van der Waals surface area contributed by atoms with Crippen LogP contribution in [0.15, 0.2) is 48.7 Å². The highest BCUT2D eigenvalue weighted by atomic mass is 79.9.